The molecule has 1 aliphatic rings. The van der Waals surface area contributed by atoms with E-state index in [1.165, 1.54) is 6.07 Å². The van der Waals surface area contributed by atoms with Crippen LogP contribution in [0, 0.1) is 5.92 Å². The first-order valence-electron chi connectivity index (χ1n) is 5.53. The molecular formula is C12H15F3N2. The molecule has 0 amide bonds. The van der Waals surface area contributed by atoms with Gasteiger partial charge in [-0.05, 0) is 42.6 Å². The van der Waals surface area contributed by atoms with Crippen LogP contribution in [-0.2, 0) is 12.6 Å². The van der Waals surface area contributed by atoms with E-state index in [2.05, 4.69) is 0 Å². The van der Waals surface area contributed by atoms with E-state index in [1.54, 1.807) is 6.07 Å². The number of halogens is 3. The van der Waals surface area contributed by atoms with E-state index < -0.39 is 11.7 Å². The fourth-order valence-corrected chi connectivity index (χ4v) is 2.32. The van der Waals surface area contributed by atoms with Gasteiger partial charge in [0.15, 0.2) is 0 Å². The van der Waals surface area contributed by atoms with Crippen molar-refractivity contribution in [3.63, 3.8) is 0 Å². The third kappa shape index (κ3) is 2.39. The Labute approximate surface area is 98.2 Å². The summed E-state index contributed by atoms with van der Waals surface area (Å²) >= 11 is 0. The Bertz CT molecular complexity index is 415. The number of hydrogen-bond donors (Lipinski definition) is 1. The number of alkyl halides is 3. The summed E-state index contributed by atoms with van der Waals surface area (Å²) in [4.78, 5) is 1.97. The first-order chi connectivity index (χ1) is 7.91. The highest BCUT2D eigenvalue weighted by atomic mass is 19.4. The molecule has 1 aliphatic heterocycles. The third-order valence-corrected chi connectivity index (χ3v) is 3.19. The Morgan fingerprint density at radius 1 is 1.41 bits per heavy atom. The van der Waals surface area contributed by atoms with Crippen molar-refractivity contribution < 1.29 is 13.2 Å². The van der Waals surface area contributed by atoms with Crippen molar-refractivity contribution in [2.45, 2.75) is 12.6 Å². The molecule has 0 spiro atoms. The topological polar surface area (TPSA) is 29.3 Å². The molecular weight excluding hydrogens is 229 g/mol. The Balaban J connectivity index is 2.38. The van der Waals surface area contributed by atoms with E-state index in [0.717, 1.165) is 23.9 Å². The van der Waals surface area contributed by atoms with Crippen LogP contribution in [0.2, 0.25) is 0 Å². The van der Waals surface area contributed by atoms with Crippen LogP contribution in [0.1, 0.15) is 11.1 Å². The van der Waals surface area contributed by atoms with Crippen LogP contribution in [0.4, 0.5) is 18.9 Å². The van der Waals surface area contributed by atoms with E-state index in [-0.39, 0.29) is 5.92 Å². The predicted molar refractivity (Wildman–Crippen MR) is 61.0 cm³/mol. The summed E-state index contributed by atoms with van der Waals surface area (Å²) < 4.78 is 37.8. The minimum Gasteiger partial charge on any atom is -0.374 e. The van der Waals surface area contributed by atoms with Crippen molar-refractivity contribution in [2.75, 3.05) is 25.0 Å². The molecule has 1 aromatic rings. The molecule has 5 heteroatoms. The van der Waals surface area contributed by atoms with Crippen molar-refractivity contribution in [1.29, 1.82) is 0 Å². The molecule has 1 unspecified atom stereocenters. The maximum absolute atomic E-state index is 12.6. The molecule has 0 aliphatic carbocycles. The zero-order valence-electron chi connectivity index (χ0n) is 9.59. The lowest BCUT2D eigenvalue weighted by molar-refractivity contribution is -0.137. The van der Waals surface area contributed by atoms with Crippen LogP contribution in [-0.4, -0.2) is 20.1 Å². The van der Waals surface area contributed by atoms with Crippen molar-refractivity contribution in [1.82, 2.24) is 0 Å². The van der Waals surface area contributed by atoms with Gasteiger partial charge >= 0.3 is 6.18 Å². The first-order valence-corrected chi connectivity index (χ1v) is 5.53. The van der Waals surface area contributed by atoms with E-state index in [9.17, 15) is 13.2 Å². The predicted octanol–water partition coefficient (Wildman–Crippen LogP) is 2.27. The Hall–Kier alpha value is -1.23. The molecule has 0 bridgehead atoms. The minimum absolute atomic E-state index is 0.232. The lowest BCUT2D eigenvalue weighted by Crippen LogP contribution is -2.36. The van der Waals surface area contributed by atoms with Crippen LogP contribution >= 0.6 is 0 Å². The maximum Gasteiger partial charge on any atom is 0.416 e. The number of benzene rings is 1. The quantitative estimate of drug-likeness (QED) is 0.821. The van der Waals surface area contributed by atoms with Gasteiger partial charge in [-0.15, -0.1) is 0 Å². The lowest BCUT2D eigenvalue weighted by Gasteiger charge is -2.33. The van der Waals surface area contributed by atoms with Gasteiger partial charge in [0.05, 0.1) is 5.56 Å². The summed E-state index contributed by atoms with van der Waals surface area (Å²) in [5.41, 5.74) is 6.63. The summed E-state index contributed by atoms with van der Waals surface area (Å²) in [5, 5.41) is 0. The SMILES string of the molecule is CN1CC(CN)Cc2cc(C(F)(F)F)ccc21. The monoisotopic (exact) mass is 244 g/mol. The number of fused-ring (bicyclic) bond motifs is 1. The van der Waals surface area contributed by atoms with Gasteiger partial charge in [0.25, 0.3) is 0 Å². The van der Waals surface area contributed by atoms with Gasteiger partial charge in [-0.3, -0.25) is 0 Å². The molecule has 0 fully saturated rings. The summed E-state index contributed by atoms with van der Waals surface area (Å²) in [6.07, 6.45) is -3.65. The largest absolute Gasteiger partial charge is 0.416 e. The molecule has 2 rings (SSSR count). The molecule has 0 radical (unpaired) electrons. The number of hydrogen-bond acceptors (Lipinski definition) is 2. The molecule has 0 saturated carbocycles. The standard InChI is InChI=1S/C12H15F3N2/c1-17-7-8(6-16)4-9-5-10(12(13,14)15)2-3-11(9)17/h2-3,5,8H,4,6-7,16H2,1H3. The normalized spacial score (nSPS) is 20.3. The van der Waals surface area contributed by atoms with Gasteiger partial charge in [0.1, 0.15) is 0 Å². The van der Waals surface area contributed by atoms with Crippen molar-refractivity contribution in [3.05, 3.63) is 29.3 Å². The van der Waals surface area contributed by atoms with E-state index in [0.29, 0.717) is 13.0 Å². The van der Waals surface area contributed by atoms with Gasteiger partial charge in [-0.1, -0.05) is 0 Å². The first kappa shape index (κ1) is 12.2. The van der Waals surface area contributed by atoms with Crippen molar-refractivity contribution >= 4 is 5.69 Å². The van der Waals surface area contributed by atoms with Crippen LogP contribution in [0.5, 0.6) is 0 Å². The Kier molecular flexibility index (Phi) is 3.03. The van der Waals surface area contributed by atoms with Gasteiger partial charge in [0.2, 0.25) is 0 Å². The summed E-state index contributed by atoms with van der Waals surface area (Å²) in [7, 11) is 1.88. The molecule has 2 N–H and O–H groups in total. The lowest BCUT2D eigenvalue weighted by atomic mass is 9.91. The van der Waals surface area contributed by atoms with Gasteiger partial charge in [-0.25, -0.2) is 0 Å². The molecule has 2 nitrogen and oxygen atoms in total. The zero-order chi connectivity index (χ0) is 12.6. The van der Waals surface area contributed by atoms with Crippen LogP contribution in [0.3, 0.4) is 0 Å². The maximum atomic E-state index is 12.6. The van der Waals surface area contributed by atoms with E-state index >= 15 is 0 Å². The van der Waals surface area contributed by atoms with Gasteiger partial charge in [0, 0.05) is 19.3 Å². The second-order valence-electron chi connectivity index (χ2n) is 4.53. The molecule has 1 atom stereocenters. The van der Waals surface area contributed by atoms with Crippen LogP contribution in [0.25, 0.3) is 0 Å². The molecule has 94 valence electrons. The molecule has 1 aromatic carbocycles. The van der Waals surface area contributed by atoms with Crippen molar-refractivity contribution in [2.24, 2.45) is 11.7 Å². The van der Waals surface area contributed by atoms with Crippen LogP contribution in [0.15, 0.2) is 18.2 Å². The second kappa shape index (κ2) is 4.22. The molecule has 17 heavy (non-hydrogen) atoms. The van der Waals surface area contributed by atoms with Gasteiger partial charge < -0.3 is 10.6 Å². The molecule has 0 saturated heterocycles. The van der Waals surface area contributed by atoms with Crippen molar-refractivity contribution in [3.8, 4) is 0 Å². The fraction of sp³-hybridized carbons (Fsp3) is 0.500. The summed E-state index contributed by atoms with van der Waals surface area (Å²) in [6.45, 7) is 1.30. The average Bonchev–Trinajstić information content (AvgIpc) is 2.27. The summed E-state index contributed by atoms with van der Waals surface area (Å²) in [6, 6.07) is 3.93. The van der Waals surface area contributed by atoms with Crippen LogP contribution < -0.4 is 10.6 Å². The highest BCUT2D eigenvalue weighted by Crippen LogP contribution is 2.35. The van der Waals surface area contributed by atoms with E-state index in [1.807, 2.05) is 11.9 Å². The minimum atomic E-state index is -4.27. The Morgan fingerprint density at radius 3 is 2.71 bits per heavy atom. The number of nitrogens with two attached hydrogens (primary N) is 1. The third-order valence-electron chi connectivity index (χ3n) is 3.19. The molecule has 1 heterocycles. The number of rotatable bonds is 1. The Morgan fingerprint density at radius 2 is 2.12 bits per heavy atom. The number of nitrogens with zero attached hydrogens (tertiary/aromatic N) is 1. The number of anilines is 1. The van der Waals surface area contributed by atoms with Gasteiger partial charge in [-0.2, -0.15) is 13.2 Å². The molecule has 0 aromatic heterocycles. The average molecular weight is 244 g/mol. The fourth-order valence-electron chi connectivity index (χ4n) is 2.32. The zero-order valence-corrected chi connectivity index (χ0v) is 9.59. The summed E-state index contributed by atoms with van der Waals surface area (Å²) in [5.74, 6) is 0.232. The highest BCUT2D eigenvalue weighted by molar-refractivity contribution is 5.57. The highest BCUT2D eigenvalue weighted by Gasteiger charge is 2.32. The van der Waals surface area contributed by atoms with E-state index in [4.69, 9.17) is 5.73 Å². The second-order valence-corrected chi connectivity index (χ2v) is 4.53. The smallest absolute Gasteiger partial charge is 0.374 e.